The zero-order valence-electron chi connectivity index (χ0n) is 11.6. The van der Waals surface area contributed by atoms with Crippen LogP contribution >= 0.6 is 0 Å². The van der Waals surface area contributed by atoms with Crippen molar-refractivity contribution in [3.63, 3.8) is 0 Å². The number of rotatable bonds is 1. The molecular formula is C15H23N3. The van der Waals surface area contributed by atoms with E-state index in [-0.39, 0.29) is 5.41 Å². The van der Waals surface area contributed by atoms with Gasteiger partial charge in [-0.1, -0.05) is 20.8 Å². The molecule has 0 radical (unpaired) electrons. The lowest BCUT2D eigenvalue weighted by Gasteiger charge is -2.34. The first-order valence-corrected chi connectivity index (χ1v) is 7.00. The molecular weight excluding hydrogens is 222 g/mol. The van der Waals surface area contributed by atoms with Crippen LogP contribution in [0.5, 0.6) is 0 Å². The van der Waals surface area contributed by atoms with Gasteiger partial charge in [-0.05, 0) is 25.0 Å². The van der Waals surface area contributed by atoms with Crippen LogP contribution in [0.4, 0.5) is 5.69 Å². The fourth-order valence-electron chi connectivity index (χ4n) is 3.02. The summed E-state index contributed by atoms with van der Waals surface area (Å²) in [6.07, 6.45) is 4.70. The molecule has 98 valence electrons. The van der Waals surface area contributed by atoms with Crippen LogP contribution in [0, 0.1) is 0 Å². The third-order valence-corrected chi connectivity index (χ3v) is 4.10. The highest BCUT2D eigenvalue weighted by molar-refractivity contribution is 5.46. The predicted molar refractivity (Wildman–Crippen MR) is 75.1 cm³/mol. The second kappa shape index (κ2) is 4.23. The zero-order chi connectivity index (χ0) is 12.8. The molecule has 1 aromatic rings. The SMILES string of the molecule is CC(C)(C)c1ccc(N2CC3CCC(C2)N3)cn1. The molecule has 3 heteroatoms. The van der Waals surface area contributed by atoms with Gasteiger partial charge in [-0.25, -0.2) is 0 Å². The Hall–Kier alpha value is -1.09. The molecule has 0 saturated carbocycles. The molecule has 18 heavy (non-hydrogen) atoms. The Kier molecular flexibility index (Phi) is 2.81. The molecule has 2 saturated heterocycles. The minimum absolute atomic E-state index is 0.140. The van der Waals surface area contributed by atoms with E-state index >= 15 is 0 Å². The van der Waals surface area contributed by atoms with Crippen LogP contribution < -0.4 is 10.2 Å². The topological polar surface area (TPSA) is 28.2 Å². The third kappa shape index (κ3) is 2.24. The van der Waals surface area contributed by atoms with Gasteiger partial charge in [0.1, 0.15) is 0 Å². The van der Waals surface area contributed by atoms with Crippen LogP contribution in [0.2, 0.25) is 0 Å². The van der Waals surface area contributed by atoms with E-state index in [0.29, 0.717) is 12.1 Å². The molecule has 2 aliphatic rings. The molecule has 0 aromatic carbocycles. The molecule has 2 aliphatic heterocycles. The summed E-state index contributed by atoms with van der Waals surface area (Å²) in [4.78, 5) is 7.12. The Bertz CT molecular complexity index is 406. The van der Waals surface area contributed by atoms with Gasteiger partial charge < -0.3 is 10.2 Å². The maximum absolute atomic E-state index is 4.63. The van der Waals surface area contributed by atoms with Gasteiger partial charge in [0.05, 0.1) is 11.9 Å². The summed E-state index contributed by atoms with van der Waals surface area (Å²) >= 11 is 0. The van der Waals surface area contributed by atoms with Crippen LogP contribution in [0.25, 0.3) is 0 Å². The van der Waals surface area contributed by atoms with Crippen molar-refractivity contribution in [1.82, 2.24) is 10.3 Å². The van der Waals surface area contributed by atoms with E-state index in [1.54, 1.807) is 0 Å². The van der Waals surface area contributed by atoms with E-state index in [0.717, 1.165) is 13.1 Å². The first kappa shape index (κ1) is 12.0. The molecule has 2 bridgehead atoms. The van der Waals surface area contributed by atoms with Gasteiger partial charge in [0, 0.05) is 36.3 Å². The van der Waals surface area contributed by atoms with Crippen molar-refractivity contribution < 1.29 is 0 Å². The van der Waals surface area contributed by atoms with E-state index < -0.39 is 0 Å². The fourth-order valence-corrected chi connectivity index (χ4v) is 3.02. The normalized spacial score (nSPS) is 27.6. The molecule has 3 nitrogen and oxygen atoms in total. The number of piperazine rings is 1. The quantitative estimate of drug-likeness (QED) is 0.823. The number of fused-ring (bicyclic) bond motifs is 2. The highest BCUT2D eigenvalue weighted by atomic mass is 15.2. The predicted octanol–water partition coefficient (Wildman–Crippen LogP) is 2.32. The third-order valence-electron chi connectivity index (χ3n) is 4.10. The Morgan fingerprint density at radius 2 is 1.83 bits per heavy atom. The average molecular weight is 245 g/mol. The minimum atomic E-state index is 0.140. The van der Waals surface area contributed by atoms with Gasteiger partial charge in [-0.2, -0.15) is 0 Å². The second-order valence-corrected chi connectivity index (χ2v) is 6.69. The Labute approximate surface area is 110 Å². The molecule has 1 N–H and O–H groups in total. The largest absolute Gasteiger partial charge is 0.367 e. The van der Waals surface area contributed by atoms with Gasteiger partial charge in [0.15, 0.2) is 0 Å². The monoisotopic (exact) mass is 245 g/mol. The smallest absolute Gasteiger partial charge is 0.0554 e. The summed E-state index contributed by atoms with van der Waals surface area (Å²) in [5.74, 6) is 0. The van der Waals surface area contributed by atoms with Crippen molar-refractivity contribution in [2.24, 2.45) is 0 Å². The summed E-state index contributed by atoms with van der Waals surface area (Å²) in [5.41, 5.74) is 2.59. The molecule has 0 amide bonds. The first-order valence-electron chi connectivity index (χ1n) is 7.00. The number of anilines is 1. The average Bonchev–Trinajstić information content (AvgIpc) is 2.67. The molecule has 0 aliphatic carbocycles. The van der Waals surface area contributed by atoms with Crippen LogP contribution in [-0.2, 0) is 5.41 Å². The maximum atomic E-state index is 4.63. The molecule has 3 heterocycles. The first-order chi connectivity index (χ1) is 8.52. The number of pyridine rings is 1. The highest BCUT2D eigenvalue weighted by Gasteiger charge is 2.32. The number of hydrogen-bond donors (Lipinski definition) is 1. The molecule has 2 fully saturated rings. The highest BCUT2D eigenvalue weighted by Crippen LogP contribution is 2.26. The number of aromatic nitrogens is 1. The molecule has 2 atom stereocenters. The van der Waals surface area contributed by atoms with E-state index in [9.17, 15) is 0 Å². The molecule has 0 spiro atoms. The van der Waals surface area contributed by atoms with Crippen molar-refractivity contribution in [3.05, 3.63) is 24.0 Å². The van der Waals surface area contributed by atoms with Gasteiger partial charge >= 0.3 is 0 Å². The summed E-state index contributed by atoms with van der Waals surface area (Å²) in [6, 6.07) is 5.79. The molecule has 2 unspecified atom stereocenters. The van der Waals surface area contributed by atoms with Crippen molar-refractivity contribution >= 4 is 5.69 Å². The van der Waals surface area contributed by atoms with E-state index in [1.807, 2.05) is 6.20 Å². The van der Waals surface area contributed by atoms with Gasteiger partial charge in [-0.3, -0.25) is 4.98 Å². The van der Waals surface area contributed by atoms with Crippen LogP contribution in [0.15, 0.2) is 18.3 Å². The van der Waals surface area contributed by atoms with Crippen LogP contribution in [-0.4, -0.2) is 30.2 Å². The van der Waals surface area contributed by atoms with Crippen molar-refractivity contribution in [1.29, 1.82) is 0 Å². The number of nitrogens with one attached hydrogen (secondary N) is 1. The van der Waals surface area contributed by atoms with Gasteiger partial charge in [-0.15, -0.1) is 0 Å². The zero-order valence-corrected chi connectivity index (χ0v) is 11.6. The minimum Gasteiger partial charge on any atom is -0.367 e. The van der Waals surface area contributed by atoms with Crippen molar-refractivity contribution in [3.8, 4) is 0 Å². The summed E-state index contributed by atoms with van der Waals surface area (Å²) in [7, 11) is 0. The van der Waals surface area contributed by atoms with E-state index in [1.165, 1.54) is 24.2 Å². The number of nitrogens with zero attached hydrogens (tertiary/aromatic N) is 2. The Balaban J connectivity index is 1.77. The summed E-state index contributed by atoms with van der Waals surface area (Å²) < 4.78 is 0. The molecule has 1 aromatic heterocycles. The van der Waals surface area contributed by atoms with E-state index in [4.69, 9.17) is 0 Å². The van der Waals surface area contributed by atoms with Crippen LogP contribution in [0.3, 0.4) is 0 Å². The summed E-state index contributed by atoms with van der Waals surface area (Å²) in [6.45, 7) is 8.89. The standard InChI is InChI=1S/C15H23N3/c1-15(2,3)14-7-6-13(8-16-14)18-9-11-4-5-12(10-18)17-11/h6-8,11-12,17H,4-5,9-10H2,1-3H3. The Morgan fingerprint density at radius 1 is 1.17 bits per heavy atom. The lowest BCUT2D eigenvalue weighted by molar-refractivity contribution is 0.465. The van der Waals surface area contributed by atoms with Gasteiger partial charge in [0.25, 0.3) is 0 Å². The van der Waals surface area contributed by atoms with Crippen LogP contribution in [0.1, 0.15) is 39.3 Å². The van der Waals surface area contributed by atoms with Gasteiger partial charge in [0.2, 0.25) is 0 Å². The fraction of sp³-hybridized carbons (Fsp3) is 0.667. The lowest BCUT2D eigenvalue weighted by atomic mass is 9.92. The van der Waals surface area contributed by atoms with Crippen molar-refractivity contribution in [2.75, 3.05) is 18.0 Å². The second-order valence-electron chi connectivity index (χ2n) is 6.69. The number of hydrogen-bond acceptors (Lipinski definition) is 3. The molecule has 3 rings (SSSR count). The Morgan fingerprint density at radius 3 is 2.33 bits per heavy atom. The maximum Gasteiger partial charge on any atom is 0.0554 e. The van der Waals surface area contributed by atoms with E-state index in [2.05, 4.69) is 48.1 Å². The lowest BCUT2D eigenvalue weighted by Crippen LogP contribution is -2.51. The summed E-state index contributed by atoms with van der Waals surface area (Å²) in [5, 5.41) is 3.66. The van der Waals surface area contributed by atoms with Crippen molar-refractivity contribution in [2.45, 2.75) is 51.1 Å².